The Kier molecular flexibility index (Phi) is 5.49. The van der Waals surface area contributed by atoms with Gasteiger partial charge in [-0.25, -0.2) is 4.99 Å². The van der Waals surface area contributed by atoms with Crippen LogP contribution in [0.15, 0.2) is 53.2 Å². The number of carbonyl (C=O) groups is 1. The average molecular weight is 374 g/mol. The minimum absolute atomic E-state index is 0.00881. The summed E-state index contributed by atoms with van der Waals surface area (Å²) in [6.07, 6.45) is 1.88. The van der Waals surface area contributed by atoms with E-state index in [9.17, 15) is 4.79 Å². The normalized spacial score (nSPS) is 15.9. The number of hydrogen-bond acceptors (Lipinski definition) is 4. The number of nitrogens with zero attached hydrogens (tertiary/aromatic N) is 1. The molecule has 0 fully saturated rings. The maximum Gasteiger partial charge on any atom is 0.244 e. The Hall–Kier alpha value is -1.49. The first kappa shape index (κ1) is 17.3. The molecule has 0 spiro atoms. The summed E-state index contributed by atoms with van der Waals surface area (Å²) in [5.74, 6) is 0.771. The summed E-state index contributed by atoms with van der Waals surface area (Å²) in [6.45, 7) is 4.08. The summed E-state index contributed by atoms with van der Waals surface area (Å²) in [5.41, 5.74) is 5.04. The Morgan fingerprint density at radius 2 is 1.92 bits per heavy atom. The monoisotopic (exact) mass is 373 g/mol. The van der Waals surface area contributed by atoms with Crippen molar-refractivity contribution in [2.45, 2.75) is 19.6 Å². The molecular weight excluding hydrogens is 358 g/mol. The van der Waals surface area contributed by atoms with Crippen molar-refractivity contribution in [3.63, 3.8) is 0 Å². The number of aryl methyl sites for hydroxylation is 2. The minimum atomic E-state index is 0.00881. The molecule has 0 radical (unpaired) electrons. The highest BCUT2D eigenvalue weighted by atomic mass is 35.5. The second-order valence-corrected chi connectivity index (χ2v) is 8.19. The highest BCUT2D eigenvalue weighted by Gasteiger charge is 2.22. The third-order valence-electron chi connectivity index (χ3n) is 3.60. The van der Waals surface area contributed by atoms with Gasteiger partial charge in [0.15, 0.2) is 0 Å². The lowest BCUT2D eigenvalue weighted by molar-refractivity contribution is -0.107. The van der Waals surface area contributed by atoms with E-state index in [1.807, 2.05) is 44.2 Å². The molecule has 24 heavy (non-hydrogen) atoms. The van der Waals surface area contributed by atoms with E-state index in [0.717, 1.165) is 31.8 Å². The van der Waals surface area contributed by atoms with Gasteiger partial charge in [-0.05, 0) is 60.5 Å². The molecule has 122 valence electrons. The van der Waals surface area contributed by atoms with Crippen molar-refractivity contribution < 1.29 is 4.79 Å². The van der Waals surface area contributed by atoms with Crippen LogP contribution in [0.25, 0.3) is 6.08 Å². The number of halogens is 1. The van der Waals surface area contributed by atoms with Crippen LogP contribution in [0.3, 0.4) is 0 Å². The Morgan fingerprint density at radius 3 is 2.67 bits per heavy atom. The lowest BCUT2D eigenvalue weighted by atomic mass is 10.0. The fraction of sp³-hybridized carbons (Fsp3) is 0.158. The van der Waals surface area contributed by atoms with E-state index in [2.05, 4.69) is 23.2 Å². The highest BCUT2D eigenvalue weighted by Crippen LogP contribution is 2.33. The summed E-state index contributed by atoms with van der Waals surface area (Å²) < 4.78 is 0.798. The van der Waals surface area contributed by atoms with Crippen molar-refractivity contribution in [2.75, 3.05) is 0 Å². The summed E-state index contributed by atoms with van der Waals surface area (Å²) in [7, 11) is 0. The lowest BCUT2D eigenvalue weighted by Gasteiger charge is -2.02. The van der Waals surface area contributed by atoms with Crippen LogP contribution in [0.5, 0.6) is 0 Å². The van der Waals surface area contributed by atoms with Gasteiger partial charge in [-0.1, -0.05) is 59.3 Å². The van der Waals surface area contributed by atoms with Gasteiger partial charge < -0.3 is 0 Å². The van der Waals surface area contributed by atoms with Gasteiger partial charge in [-0.15, -0.1) is 0 Å². The molecule has 2 nitrogen and oxygen atoms in total. The molecule has 0 amide bonds. The number of carbonyl (C=O) groups excluding carboxylic acids is 1. The first-order valence-corrected chi connectivity index (χ1v) is 9.66. The molecule has 0 N–H and O–H groups in total. The van der Waals surface area contributed by atoms with Gasteiger partial charge in [0.2, 0.25) is 5.12 Å². The molecule has 0 bridgehead atoms. The number of benzene rings is 2. The summed E-state index contributed by atoms with van der Waals surface area (Å²) in [5, 5.41) is 0.736. The van der Waals surface area contributed by atoms with E-state index in [4.69, 9.17) is 11.6 Å². The standard InChI is InChI=1S/C19H16ClNOS2/c1-12-3-4-13(2)15(9-12)10-17-18(22)24-19(21-17)23-11-14-5-7-16(20)8-6-14/h3-10H,11H2,1-2H3/b17-10+. The van der Waals surface area contributed by atoms with E-state index >= 15 is 0 Å². The third-order valence-corrected chi connectivity index (χ3v) is 5.94. The average Bonchev–Trinajstić information content (AvgIpc) is 2.90. The smallest absolute Gasteiger partial charge is 0.244 e. The van der Waals surface area contributed by atoms with Crippen LogP contribution < -0.4 is 0 Å². The second kappa shape index (κ2) is 7.60. The molecule has 1 heterocycles. The van der Waals surface area contributed by atoms with Crippen molar-refractivity contribution in [1.82, 2.24) is 0 Å². The van der Waals surface area contributed by atoms with Gasteiger partial charge in [0.1, 0.15) is 10.1 Å². The van der Waals surface area contributed by atoms with E-state index < -0.39 is 0 Å². The number of rotatable bonds is 3. The fourth-order valence-corrected chi connectivity index (χ4v) is 4.16. The van der Waals surface area contributed by atoms with Crippen molar-refractivity contribution in [3.05, 3.63) is 75.4 Å². The second-order valence-electron chi connectivity index (χ2n) is 5.57. The molecule has 0 unspecified atom stereocenters. The van der Waals surface area contributed by atoms with Crippen molar-refractivity contribution >= 4 is 50.7 Å². The molecule has 0 aliphatic carbocycles. The third kappa shape index (κ3) is 4.32. The maximum atomic E-state index is 12.2. The van der Waals surface area contributed by atoms with Crippen LogP contribution in [0.1, 0.15) is 22.3 Å². The molecular formula is C19H16ClNOS2. The molecule has 5 heteroatoms. The predicted molar refractivity (Wildman–Crippen MR) is 107 cm³/mol. The van der Waals surface area contributed by atoms with Gasteiger partial charge in [0.05, 0.1) is 0 Å². The number of thioether (sulfide) groups is 2. The lowest BCUT2D eigenvalue weighted by Crippen LogP contribution is -1.90. The van der Waals surface area contributed by atoms with Gasteiger partial charge in [-0.3, -0.25) is 4.79 Å². The minimum Gasteiger partial charge on any atom is -0.279 e. The topological polar surface area (TPSA) is 29.4 Å². The van der Waals surface area contributed by atoms with Crippen LogP contribution in [0.4, 0.5) is 0 Å². The molecule has 1 aliphatic heterocycles. The maximum absolute atomic E-state index is 12.2. The molecule has 1 aliphatic rings. The zero-order valence-corrected chi connectivity index (χ0v) is 15.8. The van der Waals surface area contributed by atoms with Crippen molar-refractivity contribution in [3.8, 4) is 0 Å². The highest BCUT2D eigenvalue weighted by molar-refractivity contribution is 8.45. The molecule has 0 saturated heterocycles. The Labute approximate surface area is 155 Å². The van der Waals surface area contributed by atoms with Crippen molar-refractivity contribution in [2.24, 2.45) is 4.99 Å². The van der Waals surface area contributed by atoms with E-state index in [0.29, 0.717) is 5.70 Å². The summed E-state index contributed by atoms with van der Waals surface area (Å²) >= 11 is 8.67. The Balaban J connectivity index is 1.74. The molecule has 2 aromatic rings. The molecule has 3 rings (SSSR count). The van der Waals surface area contributed by atoms with Gasteiger partial charge in [0, 0.05) is 10.8 Å². The Morgan fingerprint density at radius 1 is 1.17 bits per heavy atom. The Bertz CT molecular complexity index is 841. The largest absolute Gasteiger partial charge is 0.279 e. The van der Waals surface area contributed by atoms with Crippen molar-refractivity contribution in [1.29, 1.82) is 0 Å². The zero-order valence-electron chi connectivity index (χ0n) is 13.4. The molecule has 0 atom stereocenters. The van der Waals surface area contributed by atoms with Crippen LogP contribution in [-0.4, -0.2) is 9.49 Å². The van der Waals surface area contributed by atoms with Gasteiger partial charge in [0.25, 0.3) is 0 Å². The van der Waals surface area contributed by atoms with Crippen LogP contribution in [0.2, 0.25) is 5.02 Å². The number of hydrogen-bond donors (Lipinski definition) is 0. The fourth-order valence-electron chi connectivity index (χ4n) is 2.24. The molecule has 0 saturated carbocycles. The first-order chi connectivity index (χ1) is 11.5. The van der Waals surface area contributed by atoms with E-state index in [1.165, 1.54) is 17.3 Å². The van der Waals surface area contributed by atoms with E-state index in [-0.39, 0.29) is 5.12 Å². The van der Waals surface area contributed by atoms with Crippen LogP contribution in [0, 0.1) is 13.8 Å². The molecule has 0 aromatic heterocycles. The van der Waals surface area contributed by atoms with Gasteiger partial charge in [-0.2, -0.15) is 0 Å². The summed E-state index contributed by atoms with van der Waals surface area (Å²) in [6, 6.07) is 13.9. The summed E-state index contributed by atoms with van der Waals surface area (Å²) in [4.78, 5) is 16.7. The van der Waals surface area contributed by atoms with Crippen LogP contribution in [-0.2, 0) is 10.5 Å². The SMILES string of the molecule is Cc1ccc(C)c(/C=C2/N=C(SCc3ccc(Cl)cc3)SC2=O)c1. The van der Waals surface area contributed by atoms with Gasteiger partial charge >= 0.3 is 0 Å². The van der Waals surface area contributed by atoms with E-state index in [1.54, 1.807) is 11.8 Å². The van der Waals surface area contributed by atoms with Crippen LogP contribution >= 0.6 is 35.1 Å². The predicted octanol–water partition coefficient (Wildman–Crippen LogP) is 5.86. The first-order valence-electron chi connectivity index (χ1n) is 7.48. The number of aliphatic imine (C=N–C) groups is 1. The quantitative estimate of drug-likeness (QED) is 0.631. The molecule has 2 aromatic carbocycles. The zero-order chi connectivity index (χ0) is 17.1.